The molecule has 0 aromatic heterocycles. The summed E-state index contributed by atoms with van der Waals surface area (Å²) >= 11 is 0. The molecule has 1 atom stereocenters. The van der Waals surface area contributed by atoms with E-state index in [1.165, 1.54) is 0 Å². The number of benzene rings is 1. The van der Waals surface area contributed by atoms with Crippen LogP contribution < -0.4 is 10.6 Å². The third-order valence-electron chi connectivity index (χ3n) is 6.68. The molecule has 30 heavy (non-hydrogen) atoms. The maximum absolute atomic E-state index is 14.3. The van der Waals surface area contributed by atoms with E-state index in [2.05, 4.69) is 18.2 Å². The molecule has 1 aliphatic carbocycles. The second-order valence-corrected chi connectivity index (χ2v) is 9.11. The Morgan fingerprint density at radius 1 is 1.20 bits per heavy atom. The molecule has 3 heterocycles. The topological polar surface area (TPSA) is 96.4 Å². The predicted molar refractivity (Wildman–Crippen MR) is 112 cm³/mol. The third kappa shape index (κ3) is 1.97. The fourth-order valence-electron chi connectivity index (χ4n) is 5.66. The number of rotatable bonds is 0. The van der Waals surface area contributed by atoms with Crippen LogP contribution >= 0.6 is 0 Å². The molecule has 0 saturated carbocycles. The molecule has 0 bridgehead atoms. The van der Waals surface area contributed by atoms with Crippen LogP contribution in [0, 0.1) is 18.3 Å². The summed E-state index contributed by atoms with van der Waals surface area (Å²) in [6.07, 6.45) is 3.54. The van der Waals surface area contributed by atoms with Crippen LogP contribution in [0.15, 0.2) is 41.0 Å². The summed E-state index contributed by atoms with van der Waals surface area (Å²) in [7, 11) is 0. The number of Topliss-reactive ketones (excluding diaryl/α,β-unsaturated/α-hetero) is 1. The third-order valence-corrected chi connectivity index (χ3v) is 6.68. The largest absolute Gasteiger partial charge is 0.444 e. The number of nitrogens with zero attached hydrogens (tertiary/aromatic N) is 2. The van der Waals surface area contributed by atoms with E-state index in [0.29, 0.717) is 36.2 Å². The molecule has 1 aromatic carbocycles. The number of fused-ring (bicyclic) bond motifs is 2. The van der Waals surface area contributed by atoms with Crippen molar-refractivity contribution in [1.82, 2.24) is 0 Å². The number of hydrogen-bond donors (Lipinski definition) is 1. The van der Waals surface area contributed by atoms with Crippen LogP contribution in [0.5, 0.6) is 0 Å². The van der Waals surface area contributed by atoms with Gasteiger partial charge in [0.2, 0.25) is 11.8 Å². The number of amides is 1. The van der Waals surface area contributed by atoms with Crippen LogP contribution in [-0.2, 0) is 19.7 Å². The van der Waals surface area contributed by atoms with Crippen molar-refractivity contribution in [2.24, 2.45) is 5.73 Å². The lowest BCUT2D eigenvalue weighted by Crippen LogP contribution is -2.54. The van der Waals surface area contributed by atoms with E-state index in [0.717, 1.165) is 22.4 Å². The second-order valence-electron chi connectivity index (χ2n) is 9.11. The van der Waals surface area contributed by atoms with Crippen molar-refractivity contribution in [3.05, 3.63) is 57.7 Å². The molecule has 5 rings (SSSR count). The van der Waals surface area contributed by atoms with Crippen molar-refractivity contribution in [3.8, 4) is 6.07 Å². The molecule has 6 nitrogen and oxygen atoms in total. The number of nitrogens with two attached hydrogens (primary N) is 1. The van der Waals surface area contributed by atoms with Crippen molar-refractivity contribution in [3.63, 3.8) is 0 Å². The number of ketones is 1. The van der Waals surface area contributed by atoms with Gasteiger partial charge in [0.1, 0.15) is 22.8 Å². The van der Waals surface area contributed by atoms with E-state index in [9.17, 15) is 14.9 Å². The Kier molecular flexibility index (Phi) is 3.51. The molecule has 3 aliphatic heterocycles. The number of carbonyl (C=O) groups excluding carboxylic acids is 2. The van der Waals surface area contributed by atoms with Crippen molar-refractivity contribution in [1.29, 1.82) is 5.26 Å². The highest BCUT2D eigenvalue weighted by atomic mass is 16.5. The van der Waals surface area contributed by atoms with Gasteiger partial charge in [0.05, 0.1) is 16.8 Å². The summed E-state index contributed by atoms with van der Waals surface area (Å²) in [6, 6.07) is 6.11. The predicted octanol–water partition coefficient (Wildman–Crippen LogP) is 3.51. The van der Waals surface area contributed by atoms with Crippen LogP contribution in [0.2, 0.25) is 0 Å². The molecular weight excluding hydrogens is 378 g/mol. The molecule has 1 amide bonds. The number of aryl methyl sites for hydroxylation is 1. The summed E-state index contributed by atoms with van der Waals surface area (Å²) in [5.74, 6) is -0.114. The zero-order valence-corrected chi connectivity index (χ0v) is 17.5. The minimum absolute atomic E-state index is 0.0113. The molecule has 1 aromatic rings. The van der Waals surface area contributed by atoms with E-state index >= 15 is 0 Å². The summed E-state index contributed by atoms with van der Waals surface area (Å²) in [6.45, 7) is 7.92. The van der Waals surface area contributed by atoms with Gasteiger partial charge in [0.15, 0.2) is 5.78 Å². The number of anilines is 1. The van der Waals surface area contributed by atoms with Crippen LogP contribution in [0.4, 0.5) is 5.69 Å². The smallest absolute Gasteiger partial charge is 0.248 e. The summed E-state index contributed by atoms with van der Waals surface area (Å²) in [4.78, 5) is 29.3. The molecule has 2 N–H and O–H groups in total. The molecule has 152 valence electrons. The number of ether oxygens (including phenoxy) is 1. The first kappa shape index (κ1) is 18.7. The van der Waals surface area contributed by atoms with Gasteiger partial charge in [0, 0.05) is 24.0 Å². The molecule has 0 fully saturated rings. The Hall–Kier alpha value is -3.33. The van der Waals surface area contributed by atoms with Gasteiger partial charge in [-0.15, -0.1) is 0 Å². The van der Waals surface area contributed by atoms with Crippen LogP contribution in [0.25, 0.3) is 5.57 Å². The molecule has 4 aliphatic rings. The lowest BCUT2D eigenvalue weighted by atomic mass is 9.64. The zero-order valence-electron chi connectivity index (χ0n) is 17.5. The molecular formula is C24H23N3O3. The first-order valence-electron chi connectivity index (χ1n) is 10.2. The van der Waals surface area contributed by atoms with Gasteiger partial charge >= 0.3 is 0 Å². The maximum atomic E-state index is 14.3. The van der Waals surface area contributed by atoms with Crippen LogP contribution in [0.3, 0.4) is 0 Å². The number of carbonyl (C=O) groups is 2. The fraction of sp³-hybridized carbons (Fsp3) is 0.375. The number of hydrogen-bond acceptors (Lipinski definition) is 5. The Morgan fingerprint density at radius 3 is 2.63 bits per heavy atom. The summed E-state index contributed by atoms with van der Waals surface area (Å²) in [5.41, 5.74) is 8.73. The van der Waals surface area contributed by atoms with Gasteiger partial charge < -0.3 is 15.4 Å². The quantitative estimate of drug-likeness (QED) is 0.718. The van der Waals surface area contributed by atoms with Gasteiger partial charge in [-0.3, -0.25) is 9.59 Å². The zero-order chi connectivity index (χ0) is 21.6. The van der Waals surface area contributed by atoms with E-state index in [1.54, 1.807) is 4.90 Å². The molecule has 6 heteroatoms. The first-order valence-corrected chi connectivity index (χ1v) is 10.2. The monoisotopic (exact) mass is 401 g/mol. The van der Waals surface area contributed by atoms with Crippen LogP contribution in [-0.4, -0.2) is 17.2 Å². The van der Waals surface area contributed by atoms with Gasteiger partial charge in [0.25, 0.3) is 0 Å². The van der Waals surface area contributed by atoms with Gasteiger partial charge in [-0.05, 0) is 45.8 Å². The Morgan fingerprint density at radius 2 is 1.93 bits per heavy atom. The molecule has 0 unspecified atom stereocenters. The van der Waals surface area contributed by atoms with Crippen molar-refractivity contribution in [2.75, 3.05) is 4.90 Å². The molecule has 0 radical (unpaired) electrons. The lowest BCUT2D eigenvalue weighted by Gasteiger charge is -2.41. The molecule has 1 spiro atoms. The first-order chi connectivity index (χ1) is 14.1. The number of nitriles is 1. The number of allylic oxidation sites excluding steroid dienone is 2. The SMILES string of the molecule is CC1=CC(C)(C)N2C(=O)[C@@]3(C(C#N)=C(N)OC4=C3C(=O)CCC4)c3cc(C)cc1c32. The van der Waals surface area contributed by atoms with Gasteiger partial charge in [-0.1, -0.05) is 17.7 Å². The maximum Gasteiger partial charge on any atom is 0.248 e. The van der Waals surface area contributed by atoms with Crippen molar-refractivity contribution in [2.45, 2.75) is 57.9 Å². The standard InChI is InChI=1S/C24H23N3O3/c1-12-8-14-13(2)10-23(3,4)27-20(14)15(9-12)24(22(27)29)16(11-25)21(26)30-18-7-5-6-17(28)19(18)24/h8-10H,5-7,26H2,1-4H3/t24-/m1/s1. The Bertz CT molecular complexity index is 1210. The van der Waals surface area contributed by atoms with Crippen LogP contribution in [0.1, 0.15) is 56.7 Å². The average Bonchev–Trinajstić information content (AvgIpc) is 2.90. The Balaban J connectivity index is 1.98. The highest BCUT2D eigenvalue weighted by molar-refractivity contribution is 6.22. The van der Waals surface area contributed by atoms with E-state index in [4.69, 9.17) is 10.5 Å². The highest BCUT2D eigenvalue weighted by Crippen LogP contribution is 2.60. The highest BCUT2D eigenvalue weighted by Gasteiger charge is 2.64. The Labute approximate surface area is 175 Å². The summed E-state index contributed by atoms with van der Waals surface area (Å²) in [5, 5.41) is 10.1. The summed E-state index contributed by atoms with van der Waals surface area (Å²) < 4.78 is 5.74. The normalized spacial score (nSPS) is 26.4. The minimum Gasteiger partial charge on any atom is -0.444 e. The van der Waals surface area contributed by atoms with Gasteiger partial charge in [-0.25, -0.2) is 0 Å². The van der Waals surface area contributed by atoms with Crippen molar-refractivity contribution < 1.29 is 14.3 Å². The molecule has 0 saturated heterocycles. The van der Waals surface area contributed by atoms with E-state index in [-0.39, 0.29) is 23.1 Å². The van der Waals surface area contributed by atoms with E-state index in [1.807, 2.05) is 33.8 Å². The van der Waals surface area contributed by atoms with E-state index < -0.39 is 11.0 Å². The van der Waals surface area contributed by atoms with Crippen molar-refractivity contribution >= 4 is 23.0 Å². The lowest BCUT2D eigenvalue weighted by molar-refractivity contribution is -0.125. The van der Waals surface area contributed by atoms with Gasteiger partial charge in [-0.2, -0.15) is 5.26 Å². The fourth-order valence-corrected chi connectivity index (χ4v) is 5.66. The second kappa shape index (κ2) is 5.63. The average molecular weight is 401 g/mol. The minimum atomic E-state index is -1.55.